The van der Waals surface area contributed by atoms with Crippen LogP contribution < -0.4 is 10.2 Å². The van der Waals surface area contributed by atoms with Gasteiger partial charge in [-0.25, -0.2) is 4.57 Å². The van der Waals surface area contributed by atoms with Gasteiger partial charge in [0.2, 0.25) is 5.91 Å². The summed E-state index contributed by atoms with van der Waals surface area (Å²) in [4.78, 5) is 38.0. The summed E-state index contributed by atoms with van der Waals surface area (Å²) in [7, 11) is -4.64. The summed E-state index contributed by atoms with van der Waals surface area (Å²) in [6, 6.07) is 12.4. The Hall–Kier alpha value is -1.79. The van der Waals surface area contributed by atoms with Crippen molar-refractivity contribution in [2.45, 2.75) is 12.8 Å². The summed E-state index contributed by atoms with van der Waals surface area (Å²) < 4.78 is 14.8. The van der Waals surface area contributed by atoms with Crippen molar-refractivity contribution in [3.05, 3.63) is 52.5 Å². The summed E-state index contributed by atoms with van der Waals surface area (Å²) in [6.45, 7) is 5.00. The highest BCUT2D eigenvalue weighted by Gasteiger charge is 2.22. The van der Waals surface area contributed by atoms with Crippen molar-refractivity contribution >= 4 is 70.9 Å². The fourth-order valence-electron chi connectivity index (χ4n) is 4.05. The molecule has 1 fully saturated rings. The number of fused-ring (bicyclic) bond motifs is 2. The average molecular weight is 565 g/mol. The van der Waals surface area contributed by atoms with E-state index in [1.165, 1.54) is 10.1 Å². The fourth-order valence-corrected chi connectivity index (χ4v) is 5.11. The van der Waals surface area contributed by atoms with E-state index >= 15 is 0 Å². The van der Waals surface area contributed by atoms with Crippen molar-refractivity contribution in [2.24, 2.45) is 0 Å². The molecular weight excluding hydrogens is 538 g/mol. The Kier molecular flexibility index (Phi) is 10.5. The number of aromatic nitrogens is 1. The monoisotopic (exact) mass is 564 g/mol. The number of amides is 1. The number of halogens is 2. The van der Waals surface area contributed by atoms with Gasteiger partial charge in [-0.2, -0.15) is 4.37 Å². The van der Waals surface area contributed by atoms with Crippen LogP contribution in [0.5, 0.6) is 0 Å². The zero-order valence-corrected chi connectivity index (χ0v) is 21.8. The number of phosphoric acid groups is 1. The minimum Gasteiger partial charge on any atom is -0.412 e. The van der Waals surface area contributed by atoms with Crippen LogP contribution in [0.2, 0.25) is 5.02 Å². The predicted molar refractivity (Wildman–Crippen MR) is 141 cm³/mol. The second-order valence-electron chi connectivity index (χ2n) is 7.92. The molecular formula is C21H27Cl2N4O6PS. The Bertz CT molecular complexity index is 1210. The van der Waals surface area contributed by atoms with Gasteiger partial charge in [-0.05, 0) is 47.3 Å². The molecule has 0 radical (unpaired) electrons. The average Bonchev–Trinajstić information content (AvgIpc) is 3.33. The quantitative estimate of drug-likeness (QED) is 0.352. The van der Waals surface area contributed by atoms with Crippen LogP contribution in [0.15, 0.2) is 36.4 Å². The molecule has 1 aromatic heterocycles. The Morgan fingerprint density at radius 2 is 1.77 bits per heavy atom. The van der Waals surface area contributed by atoms with Crippen molar-refractivity contribution in [2.75, 3.05) is 42.9 Å². The summed E-state index contributed by atoms with van der Waals surface area (Å²) in [5.74, 6) is 1.17. The third kappa shape index (κ3) is 7.85. The summed E-state index contributed by atoms with van der Waals surface area (Å²) in [6.07, 6.45) is 1.36. The van der Waals surface area contributed by atoms with E-state index in [0.717, 1.165) is 66.8 Å². The Labute approximate surface area is 217 Å². The zero-order valence-electron chi connectivity index (χ0n) is 18.6. The molecule has 2 aliphatic rings. The topological polar surface area (TPSA) is 158 Å². The normalized spacial score (nSPS) is 15.4. The number of anilines is 2. The fraction of sp³-hybridized carbons (Fsp3) is 0.333. The number of hydrogen-bond donors (Lipinski definition) is 4. The largest absolute Gasteiger partial charge is 0.466 e. The minimum absolute atomic E-state index is 0. The van der Waals surface area contributed by atoms with E-state index in [-0.39, 0.29) is 23.8 Å². The lowest BCUT2D eigenvalue weighted by molar-refractivity contribution is -0.115. The van der Waals surface area contributed by atoms with E-state index in [1.54, 1.807) is 11.5 Å². The molecule has 2 aliphatic heterocycles. The first-order chi connectivity index (χ1) is 15.7. The van der Waals surface area contributed by atoms with Gasteiger partial charge in [-0.1, -0.05) is 29.8 Å². The molecule has 1 saturated heterocycles. The van der Waals surface area contributed by atoms with Gasteiger partial charge in [0.15, 0.2) is 0 Å². The number of nitrogens with one attached hydrogen (secondary N) is 1. The first-order valence-electron chi connectivity index (χ1n) is 10.4. The van der Waals surface area contributed by atoms with Gasteiger partial charge < -0.3 is 30.4 Å². The second-order valence-corrected chi connectivity index (χ2v) is 10.2. The lowest BCUT2D eigenvalue weighted by atomic mass is 10.1. The maximum Gasteiger partial charge on any atom is 0.466 e. The van der Waals surface area contributed by atoms with Crippen LogP contribution in [0, 0.1) is 0 Å². The van der Waals surface area contributed by atoms with Gasteiger partial charge in [-0.3, -0.25) is 9.69 Å². The highest BCUT2D eigenvalue weighted by molar-refractivity contribution is 7.45. The number of carbonyl (C=O) groups is 1. The van der Waals surface area contributed by atoms with Gasteiger partial charge in [0.25, 0.3) is 0 Å². The van der Waals surface area contributed by atoms with Gasteiger partial charge in [0.05, 0.1) is 11.1 Å². The first-order valence-corrected chi connectivity index (χ1v) is 13.1. The number of piperazine rings is 1. The van der Waals surface area contributed by atoms with Gasteiger partial charge in [0.1, 0.15) is 5.82 Å². The van der Waals surface area contributed by atoms with Crippen molar-refractivity contribution in [3.8, 4) is 0 Å². The highest BCUT2D eigenvalue weighted by atomic mass is 35.5. The molecule has 35 heavy (non-hydrogen) atoms. The number of nitrogens with zero attached hydrogens (tertiary/aromatic N) is 3. The molecule has 0 aliphatic carbocycles. The number of hydrogen-bond acceptors (Lipinski definition) is 6. The van der Waals surface area contributed by atoms with Crippen LogP contribution >= 0.6 is 43.4 Å². The molecule has 192 valence electrons. The molecule has 0 atom stereocenters. The van der Waals surface area contributed by atoms with Crippen molar-refractivity contribution < 1.29 is 29.5 Å². The molecule has 3 heterocycles. The van der Waals surface area contributed by atoms with Crippen molar-refractivity contribution in [1.82, 2.24) is 9.27 Å². The van der Waals surface area contributed by atoms with Crippen LogP contribution in [-0.4, -0.2) is 68.1 Å². The molecule has 14 heteroatoms. The second kappa shape index (κ2) is 12.4. The van der Waals surface area contributed by atoms with Gasteiger partial charge in [-0.15, -0.1) is 12.4 Å². The number of rotatable bonds is 4. The molecule has 0 spiro atoms. The maximum absolute atomic E-state index is 11.6. The molecule has 5 rings (SSSR count). The summed E-state index contributed by atoms with van der Waals surface area (Å²) >= 11 is 8.01. The van der Waals surface area contributed by atoms with E-state index in [2.05, 4.69) is 49.8 Å². The third-order valence-corrected chi connectivity index (χ3v) is 6.79. The maximum atomic E-state index is 11.6. The van der Waals surface area contributed by atoms with E-state index in [1.807, 2.05) is 6.07 Å². The van der Waals surface area contributed by atoms with E-state index in [9.17, 15) is 4.79 Å². The summed E-state index contributed by atoms with van der Waals surface area (Å²) in [5, 5.41) is 4.86. The van der Waals surface area contributed by atoms with Crippen LogP contribution in [0.4, 0.5) is 11.5 Å². The van der Waals surface area contributed by atoms with Gasteiger partial charge in [0, 0.05) is 48.8 Å². The minimum atomic E-state index is -4.64. The van der Waals surface area contributed by atoms with E-state index in [0.29, 0.717) is 6.42 Å². The lowest BCUT2D eigenvalue weighted by Gasteiger charge is -2.35. The smallest absolute Gasteiger partial charge is 0.412 e. The first kappa shape index (κ1) is 29.4. The van der Waals surface area contributed by atoms with E-state index < -0.39 is 7.82 Å². The molecule has 3 aromatic rings. The standard InChI is InChI=1S/C21H21ClN4OS.ClH.H3O4P.H2O/c22-17-13-18-15(12-20(27)23-18)11-14(17)5-6-25-7-9-26(10-8-25)21-16-3-1-2-4-19(16)28-24-21;;1-5(2,3)4;/h1-4,11,13H,5-10,12H2,(H,23,27);1H;(H3,1,2,3,4);1H2. The zero-order chi connectivity index (χ0) is 23.6. The number of benzene rings is 2. The molecule has 1 amide bonds. The highest BCUT2D eigenvalue weighted by Crippen LogP contribution is 2.31. The van der Waals surface area contributed by atoms with Gasteiger partial charge >= 0.3 is 7.82 Å². The predicted octanol–water partition coefficient (Wildman–Crippen LogP) is 2.48. The van der Waals surface area contributed by atoms with Crippen LogP contribution in [0.25, 0.3) is 10.1 Å². The molecule has 10 nitrogen and oxygen atoms in total. The van der Waals surface area contributed by atoms with E-state index in [4.69, 9.17) is 30.8 Å². The molecule has 2 aromatic carbocycles. The Morgan fingerprint density at radius 3 is 2.46 bits per heavy atom. The molecule has 0 saturated carbocycles. The Morgan fingerprint density at radius 1 is 1.11 bits per heavy atom. The number of carbonyl (C=O) groups excluding carboxylic acids is 1. The molecule has 6 N–H and O–H groups in total. The lowest BCUT2D eigenvalue weighted by Crippen LogP contribution is -2.47. The van der Waals surface area contributed by atoms with Crippen molar-refractivity contribution in [3.63, 3.8) is 0 Å². The van der Waals surface area contributed by atoms with Crippen LogP contribution in [-0.2, 0) is 22.2 Å². The third-order valence-electron chi connectivity index (χ3n) is 5.62. The molecule has 0 bridgehead atoms. The van der Waals surface area contributed by atoms with Crippen LogP contribution in [0.1, 0.15) is 11.1 Å². The summed E-state index contributed by atoms with van der Waals surface area (Å²) in [5.41, 5.74) is 3.05. The SMILES string of the molecule is Cl.O.O=C1Cc2cc(CCN3CCN(c4nsc5ccccc45)CC3)c(Cl)cc2N1.O=P(O)(O)O. The molecule has 0 unspecified atom stereocenters. The van der Waals surface area contributed by atoms with Crippen LogP contribution in [0.3, 0.4) is 0 Å². The Balaban J connectivity index is 0.000000565. The van der Waals surface area contributed by atoms with Crippen molar-refractivity contribution in [1.29, 1.82) is 0 Å².